The monoisotopic (exact) mass is 337 g/mol. The van der Waals surface area contributed by atoms with Crippen molar-refractivity contribution >= 4 is 5.91 Å². The minimum absolute atomic E-state index is 0.0872. The summed E-state index contributed by atoms with van der Waals surface area (Å²) in [4.78, 5) is 18.9. The minimum atomic E-state index is 0.0872. The highest BCUT2D eigenvalue weighted by molar-refractivity contribution is 5.77. The largest absolute Gasteiger partial charge is 0.383 e. The predicted octanol–water partition coefficient (Wildman–Crippen LogP) is 1.92. The fourth-order valence-electron chi connectivity index (χ4n) is 3.78. The third-order valence-corrected chi connectivity index (χ3v) is 5.15. The lowest BCUT2D eigenvalue weighted by Gasteiger charge is -2.23. The molecule has 0 unspecified atom stereocenters. The van der Waals surface area contributed by atoms with Gasteiger partial charge in [0.1, 0.15) is 0 Å². The van der Waals surface area contributed by atoms with Crippen LogP contribution in [0.3, 0.4) is 0 Å². The number of aryl methyl sites for hydroxylation is 1. The van der Waals surface area contributed by atoms with E-state index in [-0.39, 0.29) is 18.1 Å². The van der Waals surface area contributed by atoms with Gasteiger partial charge in [0, 0.05) is 39.5 Å². The summed E-state index contributed by atoms with van der Waals surface area (Å²) in [6.07, 6.45) is 6.54. The number of likely N-dealkylation sites (tertiary alicyclic amines) is 1. The zero-order chi connectivity index (χ0) is 16.9. The molecule has 2 aliphatic rings. The topological polar surface area (TPSA) is 77.7 Å². The Morgan fingerprint density at radius 1 is 1.33 bits per heavy atom. The normalized spacial score (nSPS) is 24.8. The van der Waals surface area contributed by atoms with Crippen molar-refractivity contribution in [1.29, 1.82) is 0 Å². The molecule has 1 saturated heterocycles. The Balaban J connectivity index is 1.52. The van der Waals surface area contributed by atoms with Crippen molar-refractivity contribution in [2.45, 2.75) is 63.0 Å². The number of methoxy groups -OCH3 is 2. The summed E-state index contributed by atoms with van der Waals surface area (Å²) >= 11 is 0. The first-order chi connectivity index (χ1) is 11.7. The highest BCUT2D eigenvalue weighted by atomic mass is 16.5. The Labute approximate surface area is 142 Å². The quantitative estimate of drug-likeness (QED) is 0.756. The molecule has 0 N–H and O–H groups in total. The molecule has 0 bridgehead atoms. The van der Waals surface area contributed by atoms with Crippen molar-refractivity contribution in [3.63, 3.8) is 0 Å². The average molecular weight is 337 g/mol. The van der Waals surface area contributed by atoms with Crippen LogP contribution in [-0.2, 0) is 20.7 Å². The van der Waals surface area contributed by atoms with Crippen molar-refractivity contribution in [2.75, 3.05) is 27.4 Å². The smallest absolute Gasteiger partial charge is 0.227 e. The van der Waals surface area contributed by atoms with E-state index in [1.165, 1.54) is 12.8 Å². The van der Waals surface area contributed by atoms with E-state index >= 15 is 0 Å². The number of carbonyl (C=O) groups is 1. The van der Waals surface area contributed by atoms with Crippen LogP contribution in [0, 0.1) is 0 Å². The summed E-state index contributed by atoms with van der Waals surface area (Å²) < 4.78 is 16.0. The highest BCUT2D eigenvalue weighted by Gasteiger charge is 2.35. The number of hydrogen-bond donors (Lipinski definition) is 0. The fraction of sp³-hybridized carbons (Fsp3) is 0.824. The zero-order valence-electron chi connectivity index (χ0n) is 14.6. The molecule has 7 nitrogen and oxygen atoms in total. The van der Waals surface area contributed by atoms with Crippen LogP contribution in [0.25, 0.3) is 0 Å². The van der Waals surface area contributed by atoms with Crippen LogP contribution >= 0.6 is 0 Å². The SMILES string of the molecule is COC[C@@H]1C[C@H](OC)CN1C(=O)CCc1nc(C2CCCC2)no1. The van der Waals surface area contributed by atoms with Gasteiger partial charge in [-0.25, -0.2) is 0 Å². The molecule has 1 aliphatic carbocycles. The first-order valence-corrected chi connectivity index (χ1v) is 8.85. The average Bonchev–Trinajstić information content (AvgIpc) is 3.32. The van der Waals surface area contributed by atoms with E-state index in [2.05, 4.69) is 10.1 Å². The second-order valence-corrected chi connectivity index (χ2v) is 6.78. The first-order valence-electron chi connectivity index (χ1n) is 8.85. The van der Waals surface area contributed by atoms with Crippen LogP contribution in [0.4, 0.5) is 0 Å². The molecule has 1 saturated carbocycles. The van der Waals surface area contributed by atoms with Crippen LogP contribution in [0.2, 0.25) is 0 Å². The van der Waals surface area contributed by atoms with Gasteiger partial charge in [0.05, 0.1) is 18.8 Å². The number of rotatable bonds is 7. The number of amides is 1. The lowest BCUT2D eigenvalue weighted by molar-refractivity contribution is -0.133. The van der Waals surface area contributed by atoms with Crippen molar-refractivity contribution < 1.29 is 18.8 Å². The summed E-state index contributed by atoms with van der Waals surface area (Å²) in [5.74, 6) is 1.91. The molecule has 0 radical (unpaired) electrons. The standard InChI is InChI=1S/C17H27N3O4/c1-22-11-13-9-14(23-2)10-20(13)16(21)8-7-15-18-17(19-24-15)12-5-3-4-6-12/h12-14H,3-11H2,1-2H3/t13-,14-/m0/s1. The molecule has 1 aromatic rings. The predicted molar refractivity (Wildman–Crippen MR) is 86.6 cm³/mol. The van der Waals surface area contributed by atoms with Crippen LogP contribution in [0.15, 0.2) is 4.52 Å². The molecule has 1 amide bonds. The number of ether oxygens (including phenoxy) is 2. The molecule has 7 heteroatoms. The van der Waals surface area contributed by atoms with Crippen LogP contribution < -0.4 is 0 Å². The van der Waals surface area contributed by atoms with Gasteiger partial charge in [0.2, 0.25) is 11.8 Å². The maximum atomic E-state index is 12.6. The second-order valence-electron chi connectivity index (χ2n) is 6.78. The molecular weight excluding hydrogens is 310 g/mol. The van der Waals surface area contributed by atoms with E-state index in [4.69, 9.17) is 14.0 Å². The highest BCUT2D eigenvalue weighted by Crippen LogP contribution is 2.32. The third kappa shape index (κ3) is 3.95. The minimum Gasteiger partial charge on any atom is -0.383 e. The van der Waals surface area contributed by atoms with Crippen molar-refractivity contribution in [3.8, 4) is 0 Å². The maximum Gasteiger partial charge on any atom is 0.227 e. The Morgan fingerprint density at radius 2 is 2.12 bits per heavy atom. The number of nitrogens with zero attached hydrogens (tertiary/aromatic N) is 3. The number of hydrogen-bond acceptors (Lipinski definition) is 6. The summed E-state index contributed by atoms with van der Waals surface area (Å²) in [6, 6.07) is 0.0872. The van der Waals surface area contributed by atoms with E-state index in [0.29, 0.717) is 37.8 Å². The maximum absolute atomic E-state index is 12.6. The molecule has 24 heavy (non-hydrogen) atoms. The Kier molecular flexibility index (Phi) is 5.84. The molecular formula is C17H27N3O4. The molecule has 3 rings (SSSR count). The lowest BCUT2D eigenvalue weighted by Crippen LogP contribution is -2.38. The van der Waals surface area contributed by atoms with E-state index in [9.17, 15) is 4.79 Å². The van der Waals surface area contributed by atoms with Gasteiger partial charge in [-0.3, -0.25) is 4.79 Å². The van der Waals surface area contributed by atoms with Gasteiger partial charge >= 0.3 is 0 Å². The van der Waals surface area contributed by atoms with Gasteiger partial charge in [-0.15, -0.1) is 0 Å². The molecule has 0 spiro atoms. The van der Waals surface area contributed by atoms with Gasteiger partial charge in [-0.05, 0) is 19.3 Å². The number of aromatic nitrogens is 2. The molecule has 2 atom stereocenters. The summed E-state index contributed by atoms with van der Waals surface area (Å²) in [5.41, 5.74) is 0. The Morgan fingerprint density at radius 3 is 2.83 bits per heavy atom. The van der Waals surface area contributed by atoms with Crippen molar-refractivity contribution in [2.24, 2.45) is 0 Å². The summed E-state index contributed by atoms with van der Waals surface area (Å²) in [5, 5.41) is 4.09. The molecule has 2 heterocycles. The van der Waals surface area contributed by atoms with Crippen LogP contribution in [0.5, 0.6) is 0 Å². The molecule has 1 aromatic heterocycles. The summed E-state index contributed by atoms with van der Waals surface area (Å²) in [7, 11) is 3.34. The van der Waals surface area contributed by atoms with Gasteiger partial charge in [0.25, 0.3) is 0 Å². The summed E-state index contributed by atoms with van der Waals surface area (Å²) in [6.45, 7) is 1.17. The van der Waals surface area contributed by atoms with Gasteiger partial charge in [0.15, 0.2) is 5.82 Å². The van der Waals surface area contributed by atoms with Crippen molar-refractivity contribution in [3.05, 3.63) is 11.7 Å². The van der Waals surface area contributed by atoms with E-state index in [1.807, 2.05) is 4.90 Å². The molecule has 1 aliphatic heterocycles. The Bertz CT molecular complexity index is 542. The second kappa shape index (κ2) is 8.07. The Hall–Kier alpha value is -1.47. The van der Waals surface area contributed by atoms with Gasteiger partial charge in [-0.1, -0.05) is 18.0 Å². The molecule has 2 fully saturated rings. The lowest BCUT2D eigenvalue weighted by atomic mass is 10.1. The van der Waals surface area contributed by atoms with Gasteiger partial charge in [-0.2, -0.15) is 4.98 Å². The first kappa shape index (κ1) is 17.4. The van der Waals surface area contributed by atoms with Gasteiger partial charge < -0.3 is 18.9 Å². The molecule has 134 valence electrons. The van der Waals surface area contributed by atoms with Crippen molar-refractivity contribution in [1.82, 2.24) is 15.0 Å². The van der Waals surface area contributed by atoms with E-state index in [1.54, 1.807) is 14.2 Å². The molecule has 0 aromatic carbocycles. The van der Waals surface area contributed by atoms with E-state index < -0.39 is 0 Å². The van der Waals surface area contributed by atoms with Crippen LogP contribution in [0.1, 0.15) is 56.2 Å². The number of carbonyl (C=O) groups excluding carboxylic acids is 1. The third-order valence-electron chi connectivity index (χ3n) is 5.15. The van der Waals surface area contributed by atoms with Crippen LogP contribution in [-0.4, -0.2) is 60.5 Å². The fourth-order valence-corrected chi connectivity index (χ4v) is 3.78. The van der Waals surface area contributed by atoms with E-state index in [0.717, 1.165) is 25.1 Å². The zero-order valence-corrected chi connectivity index (χ0v) is 14.6.